The Kier molecular flexibility index (Phi) is 6.21. The first-order valence-electron chi connectivity index (χ1n) is 9.52. The molecule has 0 spiro atoms. The summed E-state index contributed by atoms with van der Waals surface area (Å²) in [5, 5.41) is 11.4. The van der Waals surface area contributed by atoms with Crippen LogP contribution in [0, 0.1) is 10.1 Å². The lowest BCUT2D eigenvalue weighted by atomic mass is 10.1. The number of rotatable bonds is 6. The fourth-order valence-electron chi connectivity index (χ4n) is 3.35. The lowest BCUT2D eigenvalue weighted by Crippen LogP contribution is -2.49. The Balaban J connectivity index is 1.69. The monoisotopic (exact) mass is 399 g/mol. The van der Waals surface area contributed by atoms with Gasteiger partial charge in [-0.05, 0) is 44.2 Å². The third kappa shape index (κ3) is 4.77. The zero-order valence-corrected chi connectivity index (χ0v) is 16.8. The lowest BCUT2D eigenvalue weighted by molar-refractivity contribution is -0.384. The van der Waals surface area contributed by atoms with Crippen LogP contribution in [0.4, 0.5) is 11.4 Å². The average molecular weight is 399 g/mol. The molecule has 3 rings (SSSR count). The van der Waals surface area contributed by atoms with Gasteiger partial charge < -0.3 is 19.3 Å². The number of carbonyl (C=O) groups excluding carboxylic acids is 1. The van der Waals surface area contributed by atoms with Crippen molar-refractivity contribution in [3.8, 4) is 11.5 Å². The zero-order valence-electron chi connectivity index (χ0n) is 16.8. The molecule has 0 aliphatic carbocycles. The molecule has 0 bridgehead atoms. The van der Waals surface area contributed by atoms with Gasteiger partial charge in [0, 0.05) is 31.7 Å². The number of hydrogen-bond acceptors (Lipinski definition) is 6. The lowest BCUT2D eigenvalue weighted by Gasteiger charge is -2.36. The number of nitro groups is 1. The third-order valence-corrected chi connectivity index (χ3v) is 4.74. The van der Waals surface area contributed by atoms with Crippen LogP contribution >= 0.6 is 0 Å². The van der Waals surface area contributed by atoms with Crippen molar-refractivity contribution in [3.05, 3.63) is 58.1 Å². The largest absolute Gasteiger partial charge is 0.496 e. The maximum absolute atomic E-state index is 12.9. The Morgan fingerprint density at radius 3 is 2.41 bits per heavy atom. The zero-order chi connectivity index (χ0) is 21.0. The fourth-order valence-corrected chi connectivity index (χ4v) is 3.35. The minimum Gasteiger partial charge on any atom is -0.496 e. The molecule has 0 atom stereocenters. The van der Waals surface area contributed by atoms with Gasteiger partial charge >= 0.3 is 0 Å². The SMILES string of the molecule is COc1ccc(N2CCN(C(=O)c3cccc(OC(C)C)c3)CC2)c([N+](=O)[O-])c1. The van der Waals surface area contributed by atoms with Crippen molar-refractivity contribution in [2.45, 2.75) is 20.0 Å². The second-order valence-electron chi connectivity index (χ2n) is 7.09. The summed E-state index contributed by atoms with van der Waals surface area (Å²) >= 11 is 0. The van der Waals surface area contributed by atoms with E-state index in [1.807, 2.05) is 30.9 Å². The number of anilines is 1. The highest BCUT2D eigenvalue weighted by molar-refractivity contribution is 5.94. The van der Waals surface area contributed by atoms with Crippen molar-refractivity contribution in [2.75, 3.05) is 38.2 Å². The summed E-state index contributed by atoms with van der Waals surface area (Å²) in [7, 11) is 1.48. The molecule has 1 amide bonds. The molecule has 8 heteroatoms. The van der Waals surface area contributed by atoms with Crippen molar-refractivity contribution >= 4 is 17.3 Å². The highest BCUT2D eigenvalue weighted by Gasteiger charge is 2.27. The van der Waals surface area contributed by atoms with Gasteiger partial charge in [-0.25, -0.2) is 0 Å². The van der Waals surface area contributed by atoms with Crippen LogP contribution in [0.15, 0.2) is 42.5 Å². The van der Waals surface area contributed by atoms with E-state index in [-0.39, 0.29) is 17.7 Å². The van der Waals surface area contributed by atoms with Crippen molar-refractivity contribution in [3.63, 3.8) is 0 Å². The van der Waals surface area contributed by atoms with E-state index in [0.717, 1.165) is 0 Å². The predicted molar refractivity (Wildman–Crippen MR) is 110 cm³/mol. The molecule has 154 valence electrons. The number of carbonyl (C=O) groups is 1. The topological polar surface area (TPSA) is 85.2 Å². The number of piperazine rings is 1. The molecule has 2 aromatic rings. The van der Waals surface area contributed by atoms with E-state index in [0.29, 0.717) is 48.9 Å². The van der Waals surface area contributed by atoms with Crippen LogP contribution < -0.4 is 14.4 Å². The second-order valence-corrected chi connectivity index (χ2v) is 7.09. The van der Waals surface area contributed by atoms with Crippen LogP contribution in [0.5, 0.6) is 11.5 Å². The van der Waals surface area contributed by atoms with Crippen molar-refractivity contribution in [1.82, 2.24) is 4.90 Å². The van der Waals surface area contributed by atoms with Gasteiger partial charge in [0.05, 0.1) is 24.2 Å². The van der Waals surface area contributed by atoms with E-state index in [4.69, 9.17) is 9.47 Å². The van der Waals surface area contributed by atoms with Crippen LogP contribution in [0.1, 0.15) is 24.2 Å². The number of nitrogens with zero attached hydrogens (tertiary/aromatic N) is 3. The molecule has 29 heavy (non-hydrogen) atoms. The number of nitro benzene ring substituents is 1. The van der Waals surface area contributed by atoms with Gasteiger partial charge in [0.15, 0.2) is 0 Å². The second kappa shape index (κ2) is 8.81. The first kappa shape index (κ1) is 20.4. The van der Waals surface area contributed by atoms with Gasteiger partial charge in [0.1, 0.15) is 17.2 Å². The highest BCUT2D eigenvalue weighted by atomic mass is 16.6. The molecule has 1 aliphatic rings. The summed E-state index contributed by atoms with van der Waals surface area (Å²) in [5.41, 5.74) is 1.12. The smallest absolute Gasteiger partial charge is 0.296 e. The minimum absolute atomic E-state index is 0.00246. The molecule has 0 aromatic heterocycles. The highest BCUT2D eigenvalue weighted by Crippen LogP contribution is 2.32. The van der Waals surface area contributed by atoms with E-state index >= 15 is 0 Å². The van der Waals surface area contributed by atoms with Crippen LogP contribution in [-0.2, 0) is 0 Å². The minimum atomic E-state index is -0.407. The maximum Gasteiger partial charge on any atom is 0.296 e. The Morgan fingerprint density at radius 1 is 1.07 bits per heavy atom. The van der Waals surface area contributed by atoms with E-state index in [1.165, 1.54) is 13.2 Å². The van der Waals surface area contributed by atoms with Crippen molar-refractivity contribution in [2.24, 2.45) is 0 Å². The summed E-state index contributed by atoms with van der Waals surface area (Å²) in [4.78, 5) is 27.6. The molecule has 2 aromatic carbocycles. The normalized spacial score (nSPS) is 14.1. The van der Waals surface area contributed by atoms with E-state index in [1.54, 1.807) is 29.2 Å². The van der Waals surface area contributed by atoms with Gasteiger partial charge in [-0.3, -0.25) is 14.9 Å². The van der Waals surface area contributed by atoms with E-state index in [2.05, 4.69) is 0 Å². The average Bonchev–Trinajstić information content (AvgIpc) is 2.72. The Morgan fingerprint density at radius 2 is 1.79 bits per heavy atom. The summed E-state index contributed by atoms with van der Waals surface area (Å²) in [6, 6.07) is 12.0. The molecule has 1 fully saturated rings. The summed E-state index contributed by atoms with van der Waals surface area (Å²) in [6.45, 7) is 5.87. The Bertz CT molecular complexity index is 892. The molecule has 8 nitrogen and oxygen atoms in total. The van der Waals surface area contributed by atoms with Crippen molar-refractivity contribution < 1.29 is 19.2 Å². The van der Waals surface area contributed by atoms with Crippen LogP contribution in [0.2, 0.25) is 0 Å². The predicted octanol–water partition coefficient (Wildman–Crippen LogP) is 3.35. The number of benzene rings is 2. The van der Waals surface area contributed by atoms with Gasteiger partial charge in [-0.15, -0.1) is 0 Å². The first-order chi connectivity index (χ1) is 13.9. The molecule has 0 radical (unpaired) electrons. The first-order valence-corrected chi connectivity index (χ1v) is 9.52. The van der Waals surface area contributed by atoms with Crippen LogP contribution in [-0.4, -0.2) is 55.1 Å². The molecular weight excluding hydrogens is 374 g/mol. The molecule has 1 saturated heterocycles. The van der Waals surface area contributed by atoms with Gasteiger partial charge in [-0.1, -0.05) is 6.07 Å². The molecule has 0 saturated carbocycles. The number of amides is 1. The fraction of sp³-hybridized carbons (Fsp3) is 0.381. The van der Waals surface area contributed by atoms with E-state index < -0.39 is 4.92 Å². The van der Waals surface area contributed by atoms with Gasteiger partial charge in [0.2, 0.25) is 0 Å². The van der Waals surface area contributed by atoms with Gasteiger partial charge in [0.25, 0.3) is 11.6 Å². The van der Waals surface area contributed by atoms with Crippen LogP contribution in [0.25, 0.3) is 0 Å². The Hall–Kier alpha value is -3.29. The summed E-state index contributed by atoms with van der Waals surface area (Å²) in [6.07, 6.45) is 0.0317. The molecule has 0 N–H and O–H groups in total. The molecule has 0 unspecified atom stereocenters. The molecule has 1 heterocycles. The maximum atomic E-state index is 12.9. The van der Waals surface area contributed by atoms with Crippen LogP contribution in [0.3, 0.4) is 0 Å². The van der Waals surface area contributed by atoms with E-state index in [9.17, 15) is 14.9 Å². The third-order valence-electron chi connectivity index (χ3n) is 4.74. The Labute approximate surface area is 169 Å². The summed E-state index contributed by atoms with van der Waals surface area (Å²) < 4.78 is 10.8. The number of ether oxygens (including phenoxy) is 2. The molecular formula is C21H25N3O5. The quantitative estimate of drug-likeness (QED) is 0.547. The van der Waals surface area contributed by atoms with Gasteiger partial charge in [-0.2, -0.15) is 0 Å². The summed E-state index contributed by atoms with van der Waals surface area (Å²) in [5.74, 6) is 1.04. The number of methoxy groups -OCH3 is 1. The number of hydrogen-bond donors (Lipinski definition) is 0. The molecule has 1 aliphatic heterocycles. The van der Waals surface area contributed by atoms with Crippen molar-refractivity contribution in [1.29, 1.82) is 0 Å². The standard InChI is InChI=1S/C21H25N3O5/c1-15(2)29-18-6-4-5-16(13-18)21(25)23-11-9-22(10-12-23)19-8-7-17(28-3)14-20(19)24(26)27/h4-8,13-15H,9-12H2,1-3H3.